The lowest BCUT2D eigenvalue weighted by molar-refractivity contribution is -0.142. The Morgan fingerprint density at radius 2 is 1.81 bits per heavy atom. The lowest BCUT2D eigenvalue weighted by Crippen LogP contribution is -2.49. The van der Waals surface area contributed by atoms with Crippen molar-refractivity contribution in [3.05, 3.63) is 0 Å². The van der Waals surface area contributed by atoms with E-state index >= 15 is 0 Å². The van der Waals surface area contributed by atoms with Gasteiger partial charge >= 0.3 is 5.97 Å². The minimum Gasteiger partial charge on any atom is -0.481 e. The molecule has 1 aliphatic heterocycles. The molecule has 1 fully saturated rings. The Hall–Kier alpha value is -0.700. The largest absolute Gasteiger partial charge is 0.481 e. The second-order valence-corrected chi connectivity index (χ2v) is 7.46. The van der Waals surface area contributed by atoms with Gasteiger partial charge in [-0.05, 0) is 25.7 Å². The number of aliphatic hydroxyl groups is 1. The van der Waals surface area contributed by atoms with E-state index in [4.69, 9.17) is 5.11 Å². The number of carboxylic acids is 1. The molecule has 0 unspecified atom stereocenters. The first-order valence-electron chi connectivity index (χ1n) is 7.38. The fourth-order valence-corrected chi connectivity index (χ4v) is 3.82. The quantitative estimate of drug-likeness (QED) is 0.600. The Kier molecular flexibility index (Phi) is 6.58. The Morgan fingerprint density at radius 3 is 2.19 bits per heavy atom. The number of aliphatic hydroxyl groups excluding tert-OH is 1. The van der Waals surface area contributed by atoms with Gasteiger partial charge in [-0.2, -0.15) is 12.7 Å². The molecule has 1 aliphatic rings. The summed E-state index contributed by atoms with van der Waals surface area (Å²) in [4.78, 5) is 10.9. The summed E-state index contributed by atoms with van der Waals surface area (Å²) >= 11 is 0. The SMILES string of the molecule is CCC(CC)(CO)CNS(=O)(=O)N1CCC(C(=O)O)CC1. The smallest absolute Gasteiger partial charge is 0.306 e. The third-order valence-corrected chi connectivity index (χ3v) is 6.16. The van der Waals surface area contributed by atoms with E-state index in [2.05, 4.69) is 4.72 Å². The summed E-state index contributed by atoms with van der Waals surface area (Å²) in [5.41, 5.74) is -0.438. The highest BCUT2D eigenvalue weighted by molar-refractivity contribution is 7.87. The zero-order valence-electron chi connectivity index (χ0n) is 12.7. The fraction of sp³-hybridized carbons (Fsp3) is 0.923. The molecule has 3 N–H and O–H groups in total. The zero-order chi connectivity index (χ0) is 16.1. The predicted molar refractivity (Wildman–Crippen MR) is 79.0 cm³/mol. The van der Waals surface area contributed by atoms with Crippen molar-refractivity contribution in [3.63, 3.8) is 0 Å². The number of nitrogens with zero attached hydrogens (tertiary/aromatic N) is 1. The van der Waals surface area contributed by atoms with Gasteiger partial charge in [-0.3, -0.25) is 4.79 Å². The van der Waals surface area contributed by atoms with Crippen molar-refractivity contribution < 1.29 is 23.4 Å². The summed E-state index contributed by atoms with van der Waals surface area (Å²) < 4.78 is 28.3. The van der Waals surface area contributed by atoms with Crippen molar-refractivity contribution in [1.82, 2.24) is 9.03 Å². The molecule has 1 saturated heterocycles. The highest BCUT2D eigenvalue weighted by Gasteiger charge is 2.33. The second-order valence-electron chi connectivity index (χ2n) is 5.70. The number of carbonyl (C=O) groups is 1. The molecule has 124 valence electrons. The summed E-state index contributed by atoms with van der Waals surface area (Å²) in [6.45, 7) is 4.41. The van der Waals surface area contributed by atoms with Crippen LogP contribution in [0.4, 0.5) is 0 Å². The molecule has 0 aromatic carbocycles. The van der Waals surface area contributed by atoms with Gasteiger partial charge in [-0.15, -0.1) is 0 Å². The van der Waals surface area contributed by atoms with Crippen LogP contribution in [0, 0.1) is 11.3 Å². The van der Waals surface area contributed by atoms with Gasteiger partial charge < -0.3 is 10.2 Å². The first-order valence-corrected chi connectivity index (χ1v) is 8.82. The van der Waals surface area contributed by atoms with Crippen LogP contribution in [-0.4, -0.2) is 55.1 Å². The minimum atomic E-state index is -3.62. The molecular weight excluding hydrogens is 296 g/mol. The molecule has 0 spiro atoms. The van der Waals surface area contributed by atoms with Crippen LogP contribution in [-0.2, 0) is 15.0 Å². The van der Waals surface area contributed by atoms with E-state index in [1.54, 1.807) is 0 Å². The van der Waals surface area contributed by atoms with Crippen LogP contribution in [0.5, 0.6) is 0 Å². The summed E-state index contributed by atoms with van der Waals surface area (Å²) in [6.07, 6.45) is 2.04. The van der Waals surface area contributed by atoms with Gasteiger partial charge in [0.15, 0.2) is 0 Å². The number of nitrogens with one attached hydrogen (secondary N) is 1. The average Bonchev–Trinajstić information content (AvgIpc) is 2.49. The monoisotopic (exact) mass is 322 g/mol. The standard InChI is InChI=1S/C13H26N2O5S/c1-3-13(4-2,10-16)9-14-21(19,20)15-7-5-11(6-8-15)12(17)18/h11,14,16H,3-10H2,1-2H3,(H,17,18). The van der Waals surface area contributed by atoms with E-state index in [0.717, 1.165) is 0 Å². The van der Waals surface area contributed by atoms with Crippen molar-refractivity contribution in [2.45, 2.75) is 39.5 Å². The Morgan fingerprint density at radius 1 is 1.29 bits per heavy atom. The molecule has 0 bridgehead atoms. The molecule has 21 heavy (non-hydrogen) atoms. The van der Waals surface area contributed by atoms with Crippen LogP contribution in [0.3, 0.4) is 0 Å². The van der Waals surface area contributed by atoms with Crippen LogP contribution in [0.25, 0.3) is 0 Å². The van der Waals surface area contributed by atoms with Crippen LogP contribution in [0.15, 0.2) is 0 Å². The maximum atomic E-state index is 12.2. The lowest BCUT2D eigenvalue weighted by Gasteiger charge is -2.33. The Bertz CT molecular complexity index is 431. The number of piperidine rings is 1. The molecule has 0 aliphatic carbocycles. The topological polar surface area (TPSA) is 107 Å². The first-order chi connectivity index (χ1) is 9.80. The van der Waals surface area contributed by atoms with Crippen LogP contribution < -0.4 is 4.72 Å². The van der Waals surface area contributed by atoms with Crippen LogP contribution in [0.2, 0.25) is 0 Å². The molecule has 0 saturated carbocycles. The van der Waals surface area contributed by atoms with Crippen molar-refractivity contribution in [1.29, 1.82) is 0 Å². The number of aliphatic carboxylic acids is 1. The lowest BCUT2D eigenvalue weighted by atomic mass is 9.84. The van der Waals surface area contributed by atoms with Gasteiger partial charge in [0.05, 0.1) is 5.92 Å². The second kappa shape index (κ2) is 7.53. The van der Waals surface area contributed by atoms with E-state index in [-0.39, 0.29) is 26.2 Å². The van der Waals surface area contributed by atoms with Crippen molar-refractivity contribution >= 4 is 16.2 Å². The molecule has 0 atom stereocenters. The van der Waals surface area contributed by atoms with E-state index < -0.39 is 27.5 Å². The first kappa shape index (κ1) is 18.3. The van der Waals surface area contributed by atoms with Gasteiger partial charge in [-0.25, -0.2) is 4.72 Å². The minimum absolute atomic E-state index is 0.0659. The predicted octanol–water partition coefficient (Wildman–Crippen LogP) is 0.416. The highest BCUT2D eigenvalue weighted by atomic mass is 32.2. The average molecular weight is 322 g/mol. The van der Waals surface area contributed by atoms with E-state index in [1.807, 2.05) is 13.8 Å². The van der Waals surface area contributed by atoms with Gasteiger partial charge in [0.25, 0.3) is 10.2 Å². The maximum Gasteiger partial charge on any atom is 0.306 e. The molecule has 1 heterocycles. The fourth-order valence-electron chi connectivity index (χ4n) is 2.46. The summed E-state index contributed by atoms with van der Waals surface area (Å²) in [6, 6.07) is 0. The van der Waals surface area contributed by atoms with Gasteiger partial charge in [-0.1, -0.05) is 13.8 Å². The van der Waals surface area contributed by atoms with Crippen molar-refractivity contribution in [2.75, 3.05) is 26.2 Å². The molecular formula is C13H26N2O5S. The van der Waals surface area contributed by atoms with E-state index in [1.165, 1.54) is 4.31 Å². The molecule has 8 heteroatoms. The van der Waals surface area contributed by atoms with Gasteiger partial charge in [0.1, 0.15) is 0 Å². The summed E-state index contributed by atoms with van der Waals surface area (Å²) in [5, 5.41) is 18.4. The number of hydrogen-bond acceptors (Lipinski definition) is 4. The third-order valence-electron chi connectivity index (χ3n) is 4.61. The summed E-state index contributed by atoms with van der Waals surface area (Å²) in [5.74, 6) is -1.32. The molecule has 7 nitrogen and oxygen atoms in total. The molecule has 0 aromatic rings. The molecule has 0 aromatic heterocycles. The molecule has 0 amide bonds. The van der Waals surface area contributed by atoms with E-state index in [9.17, 15) is 18.3 Å². The third kappa shape index (κ3) is 4.64. The molecule has 0 radical (unpaired) electrons. The van der Waals surface area contributed by atoms with Gasteiger partial charge in [0, 0.05) is 31.7 Å². The summed E-state index contributed by atoms with van der Waals surface area (Å²) in [7, 11) is -3.62. The van der Waals surface area contributed by atoms with Crippen molar-refractivity contribution in [3.8, 4) is 0 Å². The number of rotatable bonds is 8. The Labute approximate surface area is 126 Å². The highest BCUT2D eigenvalue weighted by Crippen LogP contribution is 2.25. The molecule has 1 rings (SSSR count). The normalized spacial score (nSPS) is 18.8. The van der Waals surface area contributed by atoms with Crippen molar-refractivity contribution in [2.24, 2.45) is 11.3 Å². The number of hydrogen-bond donors (Lipinski definition) is 3. The van der Waals surface area contributed by atoms with Crippen LogP contribution >= 0.6 is 0 Å². The van der Waals surface area contributed by atoms with Gasteiger partial charge in [0.2, 0.25) is 0 Å². The Balaban J connectivity index is 2.61. The van der Waals surface area contributed by atoms with Crippen LogP contribution in [0.1, 0.15) is 39.5 Å². The zero-order valence-corrected chi connectivity index (χ0v) is 13.5. The number of carboxylic acid groups (broad SMARTS) is 1. The van der Waals surface area contributed by atoms with E-state index in [0.29, 0.717) is 25.7 Å². The maximum absolute atomic E-state index is 12.2.